The van der Waals surface area contributed by atoms with Crippen LogP contribution in [0.3, 0.4) is 0 Å². The lowest BCUT2D eigenvalue weighted by molar-refractivity contribution is 0.0218. The smallest absolute Gasteiger partial charge is 0.324 e. The Hall–Kier alpha value is -2.38. The van der Waals surface area contributed by atoms with Gasteiger partial charge in [-0.15, -0.1) is 0 Å². The van der Waals surface area contributed by atoms with Crippen LogP contribution in [-0.4, -0.2) is 53.7 Å². The van der Waals surface area contributed by atoms with E-state index in [9.17, 15) is 14.3 Å². The summed E-state index contributed by atoms with van der Waals surface area (Å²) in [6, 6.07) is 8.30. The molecule has 3 heterocycles. The molecule has 2 aromatic rings. The average Bonchev–Trinajstić information content (AvgIpc) is 2.75. The molecule has 1 aromatic carbocycles. The molecular weight excluding hydrogens is 395 g/mol. The summed E-state index contributed by atoms with van der Waals surface area (Å²) < 4.78 is 13.1. The lowest BCUT2D eigenvalue weighted by atomic mass is 9.83. The molecular formula is C21H24ClFN4O2. The van der Waals surface area contributed by atoms with E-state index in [2.05, 4.69) is 4.98 Å². The molecule has 2 amide bonds. The van der Waals surface area contributed by atoms with Gasteiger partial charge in [0.25, 0.3) is 0 Å². The number of carbonyl (C=O) groups excluding carboxylic acids is 1. The molecule has 0 radical (unpaired) electrons. The molecule has 1 aromatic heterocycles. The summed E-state index contributed by atoms with van der Waals surface area (Å²) in [4.78, 5) is 23.0. The molecule has 8 heteroatoms. The number of urea groups is 1. The van der Waals surface area contributed by atoms with Crippen molar-refractivity contribution >= 4 is 29.1 Å². The van der Waals surface area contributed by atoms with Crippen molar-refractivity contribution in [2.75, 3.05) is 42.5 Å². The van der Waals surface area contributed by atoms with Crippen LogP contribution in [-0.2, 0) is 5.60 Å². The number of benzene rings is 1. The zero-order valence-electron chi connectivity index (χ0n) is 16.3. The van der Waals surface area contributed by atoms with Crippen molar-refractivity contribution in [1.29, 1.82) is 0 Å². The molecule has 0 saturated carbocycles. The molecule has 6 nitrogen and oxygen atoms in total. The summed E-state index contributed by atoms with van der Waals surface area (Å²) in [5, 5.41) is 11.5. The number of anilines is 2. The number of aromatic nitrogens is 1. The van der Waals surface area contributed by atoms with Crippen LogP contribution in [0.1, 0.15) is 25.3 Å². The number of rotatable bonds is 2. The summed E-state index contributed by atoms with van der Waals surface area (Å²) in [7, 11) is 0. The van der Waals surface area contributed by atoms with Gasteiger partial charge in [0.15, 0.2) is 0 Å². The van der Waals surface area contributed by atoms with E-state index in [1.165, 1.54) is 12.3 Å². The quantitative estimate of drug-likeness (QED) is 0.809. The van der Waals surface area contributed by atoms with Crippen molar-refractivity contribution in [2.45, 2.75) is 25.4 Å². The monoisotopic (exact) mass is 418 g/mol. The number of piperazine rings is 1. The first-order chi connectivity index (χ1) is 13.9. The normalized spacial score (nSPS) is 21.9. The molecule has 1 N–H and O–H groups in total. The minimum atomic E-state index is -0.968. The summed E-state index contributed by atoms with van der Waals surface area (Å²) in [6.07, 6.45) is 2.24. The SMILES string of the molecule is CCC1(O)CCN(C(=O)N2CCN(c3ccc(F)cn3)CC2)c2ccc(Cl)cc21. The molecule has 4 rings (SSSR count). The Kier molecular flexibility index (Phi) is 5.36. The van der Waals surface area contributed by atoms with Crippen LogP contribution in [0, 0.1) is 5.82 Å². The highest BCUT2D eigenvalue weighted by atomic mass is 35.5. The fourth-order valence-electron chi connectivity index (χ4n) is 4.09. The molecule has 2 aliphatic heterocycles. The van der Waals surface area contributed by atoms with E-state index in [1.54, 1.807) is 23.1 Å². The predicted molar refractivity (Wildman–Crippen MR) is 111 cm³/mol. The standard InChI is InChI=1S/C21H24ClFN4O2/c1-2-21(29)7-8-27(18-5-3-15(22)13-17(18)21)20(28)26-11-9-25(10-12-26)19-6-4-16(23)14-24-19/h3-6,13-14,29H,2,7-12H2,1H3. The zero-order valence-corrected chi connectivity index (χ0v) is 17.1. The van der Waals surface area contributed by atoms with Crippen LogP contribution in [0.5, 0.6) is 0 Å². The highest BCUT2D eigenvalue weighted by Crippen LogP contribution is 2.42. The molecule has 29 heavy (non-hydrogen) atoms. The molecule has 0 spiro atoms. The van der Waals surface area contributed by atoms with E-state index in [-0.39, 0.29) is 11.8 Å². The number of pyridine rings is 1. The van der Waals surface area contributed by atoms with Crippen LogP contribution in [0.15, 0.2) is 36.5 Å². The minimum absolute atomic E-state index is 0.0709. The Labute approximate surface area is 174 Å². The number of nitrogens with zero attached hydrogens (tertiary/aromatic N) is 4. The van der Waals surface area contributed by atoms with Crippen molar-refractivity contribution in [3.05, 3.63) is 52.9 Å². The maximum atomic E-state index is 13.2. The fraction of sp³-hybridized carbons (Fsp3) is 0.429. The van der Waals surface area contributed by atoms with Gasteiger partial charge in [-0.3, -0.25) is 4.90 Å². The maximum Gasteiger partial charge on any atom is 0.324 e. The van der Waals surface area contributed by atoms with Crippen LogP contribution in [0.25, 0.3) is 0 Å². The third-order valence-electron chi connectivity index (χ3n) is 5.90. The Morgan fingerprint density at radius 2 is 1.97 bits per heavy atom. The third-order valence-corrected chi connectivity index (χ3v) is 6.14. The first kappa shape index (κ1) is 19.9. The van der Waals surface area contributed by atoms with Gasteiger partial charge < -0.3 is 14.9 Å². The van der Waals surface area contributed by atoms with Crippen molar-refractivity contribution < 1.29 is 14.3 Å². The number of hydrogen-bond acceptors (Lipinski definition) is 4. The van der Waals surface area contributed by atoms with Gasteiger partial charge in [-0.05, 0) is 43.2 Å². The predicted octanol–water partition coefficient (Wildman–Crippen LogP) is 3.62. The highest BCUT2D eigenvalue weighted by molar-refractivity contribution is 6.30. The van der Waals surface area contributed by atoms with Gasteiger partial charge in [-0.2, -0.15) is 0 Å². The van der Waals surface area contributed by atoms with E-state index < -0.39 is 5.60 Å². The lowest BCUT2D eigenvalue weighted by Crippen LogP contribution is -2.55. The number of aliphatic hydroxyl groups is 1. The van der Waals surface area contributed by atoms with Crippen LogP contribution in [0.4, 0.5) is 20.7 Å². The number of amides is 2. The molecule has 1 unspecified atom stereocenters. The van der Waals surface area contributed by atoms with Gasteiger partial charge in [-0.25, -0.2) is 14.2 Å². The Bertz CT molecular complexity index is 902. The molecule has 1 saturated heterocycles. The van der Waals surface area contributed by atoms with Gasteiger partial charge in [0.2, 0.25) is 0 Å². The first-order valence-electron chi connectivity index (χ1n) is 9.86. The van der Waals surface area contributed by atoms with Crippen LogP contribution in [0.2, 0.25) is 5.02 Å². The lowest BCUT2D eigenvalue weighted by Gasteiger charge is -2.43. The minimum Gasteiger partial charge on any atom is -0.385 e. The molecule has 154 valence electrons. The summed E-state index contributed by atoms with van der Waals surface area (Å²) >= 11 is 6.16. The van der Waals surface area contributed by atoms with Gasteiger partial charge in [0.1, 0.15) is 11.6 Å². The van der Waals surface area contributed by atoms with Gasteiger partial charge in [0.05, 0.1) is 17.5 Å². The van der Waals surface area contributed by atoms with E-state index >= 15 is 0 Å². The summed E-state index contributed by atoms with van der Waals surface area (Å²) in [5.41, 5.74) is 0.461. The fourth-order valence-corrected chi connectivity index (χ4v) is 4.26. The molecule has 0 bridgehead atoms. The second kappa shape index (κ2) is 7.80. The van der Waals surface area contributed by atoms with E-state index in [0.29, 0.717) is 62.0 Å². The second-order valence-electron chi connectivity index (χ2n) is 7.54. The number of carbonyl (C=O) groups is 1. The molecule has 1 fully saturated rings. The average molecular weight is 419 g/mol. The molecule has 1 atom stereocenters. The Balaban J connectivity index is 1.49. The van der Waals surface area contributed by atoms with Gasteiger partial charge in [-0.1, -0.05) is 18.5 Å². The van der Waals surface area contributed by atoms with Crippen molar-refractivity contribution in [3.8, 4) is 0 Å². The van der Waals surface area contributed by atoms with Gasteiger partial charge >= 0.3 is 6.03 Å². The van der Waals surface area contributed by atoms with Crippen molar-refractivity contribution in [3.63, 3.8) is 0 Å². The van der Waals surface area contributed by atoms with Crippen LogP contribution < -0.4 is 9.80 Å². The Morgan fingerprint density at radius 3 is 2.62 bits per heavy atom. The molecule has 2 aliphatic rings. The highest BCUT2D eigenvalue weighted by Gasteiger charge is 2.39. The third kappa shape index (κ3) is 3.76. The molecule has 0 aliphatic carbocycles. The van der Waals surface area contributed by atoms with E-state index in [0.717, 1.165) is 5.69 Å². The topological polar surface area (TPSA) is 59.9 Å². The maximum absolute atomic E-state index is 13.2. The first-order valence-corrected chi connectivity index (χ1v) is 10.2. The largest absolute Gasteiger partial charge is 0.385 e. The summed E-state index contributed by atoms with van der Waals surface area (Å²) in [5.74, 6) is 0.350. The van der Waals surface area contributed by atoms with Crippen molar-refractivity contribution in [1.82, 2.24) is 9.88 Å². The van der Waals surface area contributed by atoms with E-state index in [4.69, 9.17) is 11.6 Å². The van der Waals surface area contributed by atoms with Crippen molar-refractivity contribution in [2.24, 2.45) is 0 Å². The number of halogens is 2. The summed E-state index contributed by atoms with van der Waals surface area (Å²) in [6.45, 7) is 4.75. The zero-order chi connectivity index (χ0) is 20.6. The number of hydrogen-bond donors (Lipinski definition) is 1. The Morgan fingerprint density at radius 1 is 1.21 bits per heavy atom. The second-order valence-corrected chi connectivity index (χ2v) is 7.98. The number of fused-ring (bicyclic) bond motifs is 1. The van der Waals surface area contributed by atoms with Crippen LogP contribution >= 0.6 is 11.6 Å². The van der Waals surface area contributed by atoms with Gasteiger partial charge in [0, 0.05) is 43.3 Å². The van der Waals surface area contributed by atoms with E-state index in [1.807, 2.05) is 22.8 Å².